The van der Waals surface area contributed by atoms with Gasteiger partial charge < -0.3 is 0 Å². The fourth-order valence-electron chi connectivity index (χ4n) is 2.39. The summed E-state index contributed by atoms with van der Waals surface area (Å²) in [7, 11) is 0. The Kier molecular flexibility index (Phi) is 3.47. The Morgan fingerprint density at radius 3 is 3.07 bits per heavy atom. The van der Waals surface area contributed by atoms with Crippen molar-refractivity contribution in [1.82, 2.24) is 9.78 Å². The molecular weight excluding hydrogens is 287 g/mol. The third-order valence-electron chi connectivity index (χ3n) is 3.28. The quantitative estimate of drug-likeness (QED) is 0.763. The number of hydrogen-bond acceptors (Lipinski definition) is 1. The number of rotatable bonds is 2. The average Bonchev–Trinajstić information content (AvgIpc) is 2.65. The van der Waals surface area contributed by atoms with E-state index in [0.29, 0.717) is 6.04 Å². The van der Waals surface area contributed by atoms with E-state index >= 15 is 0 Å². The van der Waals surface area contributed by atoms with Crippen LogP contribution in [0.5, 0.6) is 0 Å². The van der Waals surface area contributed by atoms with Gasteiger partial charge in [0.2, 0.25) is 0 Å². The molecule has 1 fully saturated rings. The van der Waals surface area contributed by atoms with E-state index in [1.165, 1.54) is 32.1 Å². The van der Waals surface area contributed by atoms with E-state index < -0.39 is 0 Å². The minimum atomic E-state index is 0.664. The highest BCUT2D eigenvalue weighted by molar-refractivity contribution is 14.1. The molecule has 1 aliphatic carbocycles. The minimum absolute atomic E-state index is 0.664. The number of hydrogen-bond donors (Lipinski definition) is 0. The van der Waals surface area contributed by atoms with Crippen molar-refractivity contribution in [1.29, 1.82) is 0 Å². The van der Waals surface area contributed by atoms with Gasteiger partial charge in [-0.25, -0.2) is 0 Å². The van der Waals surface area contributed by atoms with Crippen LogP contribution in [0.25, 0.3) is 0 Å². The van der Waals surface area contributed by atoms with Gasteiger partial charge in [0.25, 0.3) is 0 Å². The predicted molar refractivity (Wildman–Crippen MR) is 66.2 cm³/mol. The van der Waals surface area contributed by atoms with E-state index in [4.69, 9.17) is 0 Å². The Labute approximate surface area is 99.2 Å². The maximum Gasteiger partial charge on any atom is 0.123 e. The summed E-state index contributed by atoms with van der Waals surface area (Å²) in [5, 5.41) is 4.51. The summed E-state index contributed by atoms with van der Waals surface area (Å²) >= 11 is 2.28. The molecular formula is C11H17IN2. The number of nitrogens with zero attached hydrogens (tertiary/aromatic N) is 2. The van der Waals surface area contributed by atoms with Crippen LogP contribution in [0.15, 0.2) is 12.3 Å². The van der Waals surface area contributed by atoms with Gasteiger partial charge in [-0.15, -0.1) is 0 Å². The second kappa shape index (κ2) is 4.64. The zero-order valence-corrected chi connectivity index (χ0v) is 10.8. The summed E-state index contributed by atoms with van der Waals surface area (Å²) in [6.45, 7) is 2.31. The number of aromatic nitrogens is 2. The molecule has 0 amide bonds. The molecule has 0 aliphatic heterocycles. The van der Waals surface area contributed by atoms with Crippen LogP contribution in [0, 0.1) is 9.62 Å². The molecule has 1 saturated carbocycles. The van der Waals surface area contributed by atoms with E-state index in [9.17, 15) is 0 Å². The molecule has 2 nitrogen and oxygen atoms in total. The summed E-state index contributed by atoms with van der Waals surface area (Å²) < 4.78 is 3.28. The molecule has 14 heavy (non-hydrogen) atoms. The fraction of sp³-hybridized carbons (Fsp3) is 0.727. The van der Waals surface area contributed by atoms with Crippen LogP contribution in [0.3, 0.4) is 0 Å². The Balaban J connectivity index is 2.04. The zero-order chi connectivity index (χ0) is 9.97. The van der Waals surface area contributed by atoms with Crippen LogP contribution in [0.4, 0.5) is 0 Å². The van der Waals surface area contributed by atoms with E-state index in [-0.39, 0.29) is 0 Å². The number of halogens is 1. The predicted octanol–water partition coefficient (Wildman–Crippen LogP) is 3.63. The first-order chi connectivity index (χ1) is 6.79. The zero-order valence-electron chi connectivity index (χ0n) is 8.62. The van der Waals surface area contributed by atoms with E-state index in [1.54, 1.807) is 0 Å². The van der Waals surface area contributed by atoms with Crippen LogP contribution in [-0.2, 0) is 0 Å². The van der Waals surface area contributed by atoms with Gasteiger partial charge in [0.05, 0.1) is 6.04 Å². The maximum atomic E-state index is 4.51. The van der Waals surface area contributed by atoms with Crippen molar-refractivity contribution in [2.75, 3.05) is 0 Å². The van der Waals surface area contributed by atoms with Crippen molar-refractivity contribution in [3.05, 3.63) is 16.0 Å². The van der Waals surface area contributed by atoms with Crippen LogP contribution in [0.1, 0.15) is 45.1 Å². The standard InChI is InChI=1S/C11H17IN2/c1-2-9-4-3-5-10(8-9)14-7-6-11(12)13-14/h6-7,9-10H,2-5,8H2,1H3. The van der Waals surface area contributed by atoms with Crippen molar-refractivity contribution in [3.8, 4) is 0 Å². The molecule has 78 valence electrons. The van der Waals surface area contributed by atoms with Gasteiger partial charge >= 0.3 is 0 Å². The van der Waals surface area contributed by atoms with Gasteiger partial charge in [0.1, 0.15) is 3.70 Å². The molecule has 2 unspecified atom stereocenters. The molecule has 2 atom stereocenters. The first-order valence-electron chi connectivity index (χ1n) is 5.50. The van der Waals surface area contributed by atoms with E-state index in [2.05, 4.69) is 51.6 Å². The molecule has 0 spiro atoms. The molecule has 0 aromatic carbocycles. The van der Waals surface area contributed by atoms with Gasteiger partial charge in [0, 0.05) is 6.20 Å². The second-order valence-corrected chi connectivity index (χ2v) is 5.32. The average molecular weight is 304 g/mol. The lowest BCUT2D eigenvalue weighted by atomic mass is 9.84. The van der Waals surface area contributed by atoms with Crippen LogP contribution < -0.4 is 0 Å². The molecule has 0 saturated heterocycles. The lowest BCUT2D eigenvalue weighted by Crippen LogP contribution is -2.19. The summed E-state index contributed by atoms with van der Waals surface area (Å²) in [6, 6.07) is 2.76. The van der Waals surface area contributed by atoms with Gasteiger partial charge in [-0.1, -0.05) is 26.2 Å². The molecule has 1 heterocycles. The van der Waals surface area contributed by atoms with E-state index in [1.807, 2.05) is 0 Å². The maximum absolute atomic E-state index is 4.51. The highest BCUT2D eigenvalue weighted by Crippen LogP contribution is 2.33. The summed E-state index contributed by atoms with van der Waals surface area (Å²) in [4.78, 5) is 0. The van der Waals surface area contributed by atoms with Gasteiger partial charge in [0.15, 0.2) is 0 Å². The fourth-order valence-corrected chi connectivity index (χ4v) is 2.80. The van der Waals surface area contributed by atoms with Crippen molar-refractivity contribution in [3.63, 3.8) is 0 Å². The molecule has 0 radical (unpaired) electrons. The lowest BCUT2D eigenvalue weighted by Gasteiger charge is -2.28. The molecule has 3 heteroatoms. The smallest absolute Gasteiger partial charge is 0.123 e. The topological polar surface area (TPSA) is 17.8 Å². The first kappa shape index (κ1) is 10.5. The molecule has 2 rings (SSSR count). The third kappa shape index (κ3) is 2.30. The highest BCUT2D eigenvalue weighted by atomic mass is 127. The van der Waals surface area contributed by atoms with Crippen LogP contribution >= 0.6 is 22.6 Å². The summed E-state index contributed by atoms with van der Waals surface area (Å²) in [5.74, 6) is 0.926. The second-order valence-electron chi connectivity index (χ2n) is 4.21. The van der Waals surface area contributed by atoms with Crippen LogP contribution in [-0.4, -0.2) is 9.78 Å². The van der Waals surface area contributed by atoms with Crippen molar-refractivity contribution in [2.24, 2.45) is 5.92 Å². The molecule has 1 aliphatic rings. The highest BCUT2D eigenvalue weighted by Gasteiger charge is 2.22. The molecule has 0 bridgehead atoms. The third-order valence-corrected chi connectivity index (χ3v) is 3.86. The SMILES string of the molecule is CCC1CCCC(n2ccc(I)n2)C1. The van der Waals surface area contributed by atoms with Gasteiger partial charge in [-0.2, -0.15) is 5.10 Å². The summed E-state index contributed by atoms with van der Waals surface area (Å²) in [5.41, 5.74) is 0. The molecule has 0 N–H and O–H groups in total. The Morgan fingerprint density at radius 2 is 2.43 bits per heavy atom. The van der Waals surface area contributed by atoms with Gasteiger partial charge in [-0.05, 0) is 47.4 Å². The Bertz CT molecular complexity index is 295. The largest absolute Gasteiger partial charge is 0.269 e. The lowest BCUT2D eigenvalue weighted by molar-refractivity contribution is 0.247. The minimum Gasteiger partial charge on any atom is -0.269 e. The molecule has 1 aromatic heterocycles. The van der Waals surface area contributed by atoms with Crippen molar-refractivity contribution >= 4 is 22.6 Å². The summed E-state index contributed by atoms with van der Waals surface area (Å²) in [6.07, 6.45) is 8.90. The van der Waals surface area contributed by atoms with E-state index in [0.717, 1.165) is 9.62 Å². The normalized spacial score (nSPS) is 27.9. The van der Waals surface area contributed by atoms with Crippen LogP contribution in [0.2, 0.25) is 0 Å². The van der Waals surface area contributed by atoms with Crippen molar-refractivity contribution in [2.45, 2.75) is 45.1 Å². The van der Waals surface area contributed by atoms with Gasteiger partial charge in [-0.3, -0.25) is 4.68 Å². The molecule has 1 aromatic rings. The monoisotopic (exact) mass is 304 g/mol. The van der Waals surface area contributed by atoms with Crippen molar-refractivity contribution < 1.29 is 0 Å². The Hall–Kier alpha value is -0.0600. The Morgan fingerprint density at radius 1 is 1.57 bits per heavy atom. The first-order valence-corrected chi connectivity index (χ1v) is 6.58.